The molecule has 0 atom stereocenters. The molecule has 0 unspecified atom stereocenters. The topological polar surface area (TPSA) is 72.8 Å². The monoisotopic (exact) mass is 380 g/mol. The molecule has 0 radical (unpaired) electrons. The van der Waals surface area contributed by atoms with Gasteiger partial charge in [0.2, 0.25) is 0 Å². The number of esters is 1. The van der Waals surface area contributed by atoms with E-state index in [2.05, 4.69) is 9.47 Å². The van der Waals surface area contributed by atoms with Gasteiger partial charge in [0.05, 0.1) is 5.56 Å². The van der Waals surface area contributed by atoms with E-state index in [-0.39, 0.29) is 12.1 Å². The fourth-order valence-electron chi connectivity index (χ4n) is 1.79. The van der Waals surface area contributed by atoms with E-state index in [9.17, 15) is 35.9 Å². The van der Waals surface area contributed by atoms with Crippen LogP contribution in [0.5, 0.6) is 11.5 Å². The largest absolute Gasteiger partial charge is 0.573 e. The average Bonchev–Trinajstić information content (AvgIpc) is 2.50. The smallest absolute Gasteiger partial charge is 0.478 e. The predicted octanol–water partition coefficient (Wildman–Crippen LogP) is 3.92. The Bertz CT molecular complexity index is 878. The molecule has 0 amide bonds. The van der Waals surface area contributed by atoms with Crippen LogP contribution in [0.25, 0.3) is 0 Å². The van der Waals surface area contributed by atoms with Gasteiger partial charge in [0.1, 0.15) is 11.4 Å². The Balaban J connectivity index is 2.45. The van der Waals surface area contributed by atoms with Crippen molar-refractivity contribution >= 4 is 11.9 Å². The molecule has 0 aromatic heterocycles. The number of aromatic carboxylic acids is 1. The van der Waals surface area contributed by atoms with Crippen molar-refractivity contribution in [3.05, 3.63) is 58.9 Å². The number of carboxylic acid groups (broad SMARTS) is 1. The molecular formula is C15H6F6O5. The maximum Gasteiger partial charge on any atom is 0.573 e. The summed E-state index contributed by atoms with van der Waals surface area (Å²) in [4.78, 5) is 22.7. The highest BCUT2D eigenvalue weighted by Crippen LogP contribution is 2.34. The summed E-state index contributed by atoms with van der Waals surface area (Å²) in [5.74, 6) is -10.4. The molecule has 138 valence electrons. The molecule has 11 heteroatoms. The highest BCUT2D eigenvalue weighted by Gasteiger charge is 2.33. The molecule has 5 nitrogen and oxygen atoms in total. The zero-order chi connectivity index (χ0) is 19.6. The standard InChI is InChI=1S/C15H6F6O5/c16-7-4-8(12(18)9(17)5-7)14(24)25-11-3-6(13(22)23)1-2-10(11)26-15(19,20)21/h1-5H,(H,22,23). The Morgan fingerprint density at radius 3 is 2.19 bits per heavy atom. The van der Waals surface area contributed by atoms with Crippen molar-refractivity contribution in [3.8, 4) is 11.5 Å². The predicted molar refractivity (Wildman–Crippen MR) is 71.4 cm³/mol. The lowest BCUT2D eigenvalue weighted by atomic mass is 10.2. The highest BCUT2D eigenvalue weighted by atomic mass is 19.4. The minimum atomic E-state index is -5.22. The molecule has 0 aliphatic rings. The summed E-state index contributed by atoms with van der Waals surface area (Å²) in [7, 11) is 0. The fourth-order valence-corrected chi connectivity index (χ4v) is 1.79. The second-order valence-electron chi connectivity index (χ2n) is 4.65. The van der Waals surface area contributed by atoms with Gasteiger partial charge in [0.25, 0.3) is 0 Å². The zero-order valence-electron chi connectivity index (χ0n) is 12.2. The van der Waals surface area contributed by atoms with Gasteiger partial charge in [-0.1, -0.05) is 0 Å². The zero-order valence-corrected chi connectivity index (χ0v) is 12.2. The van der Waals surface area contributed by atoms with Crippen molar-refractivity contribution in [2.75, 3.05) is 0 Å². The Morgan fingerprint density at radius 2 is 1.62 bits per heavy atom. The lowest BCUT2D eigenvalue weighted by Crippen LogP contribution is -2.19. The van der Waals surface area contributed by atoms with Gasteiger partial charge < -0.3 is 14.6 Å². The molecule has 0 saturated heterocycles. The van der Waals surface area contributed by atoms with E-state index in [4.69, 9.17) is 5.11 Å². The first-order valence-electron chi connectivity index (χ1n) is 6.47. The van der Waals surface area contributed by atoms with Gasteiger partial charge in [0.15, 0.2) is 23.1 Å². The second kappa shape index (κ2) is 6.94. The maximum atomic E-state index is 13.6. The van der Waals surface area contributed by atoms with E-state index in [1.807, 2.05) is 0 Å². The van der Waals surface area contributed by atoms with E-state index in [0.29, 0.717) is 12.1 Å². The number of carboxylic acids is 1. The van der Waals surface area contributed by atoms with Gasteiger partial charge in [-0.15, -0.1) is 13.2 Å². The minimum Gasteiger partial charge on any atom is -0.478 e. The fraction of sp³-hybridized carbons (Fsp3) is 0.0667. The number of halogens is 6. The third kappa shape index (κ3) is 4.43. The molecular weight excluding hydrogens is 374 g/mol. The van der Waals surface area contributed by atoms with Crippen LogP contribution in [0.1, 0.15) is 20.7 Å². The number of carbonyl (C=O) groups excluding carboxylic acids is 1. The number of hydrogen-bond donors (Lipinski definition) is 1. The number of alkyl halides is 3. The lowest BCUT2D eigenvalue weighted by Gasteiger charge is -2.14. The summed E-state index contributed by atoms with van der Waals surface area (Å²) in [6, 6.07) is 2.15. The van der Waals surface area contributed by atoms with Gasteiger partial charge in [-0.05, 0) is 24.3 Å². The molecule has 1 N–H and O–H groups in total. The highest BCUT2D eigenvalue weighted by molar-refractivity contribution is 5.93. The number of rotatable bonds is 4. The van der Waals surface area contributed by atoms with Crippen LogP contribution in [0.2, 0.25) is 0 Å². The second-order valence-corrected chi connectivity index (χ2v) is 4.65. The number of ether oxygens (including phenoxy) is 2. The normalized spacial score (nSPS) is 11.2. The number of hydrogen-bond acceptors (Lipinski definition) is 4. The van der Waals surface area contributed by atoms with Crippen LogP contribution in [-0.4, -0.2) is 23.4 Å². The summed E-state index contributed by atoms with van der Waals surface area (Å²) < 4.78 is 85.0. The van der Waals surface area contributed by atoms with E-state index in [1.165, 1.54) is 0 Å². The average molecular weight is 380 g/mol. The first-order chi connectivity index (χ1) is 12.0. The van der Waals surface area contributed by atoms with Gasteiger partial charge in [-0.25, -0.2) is 22.8 Å². The molecule has 0 saturated carbocycles. The summed E-state index contributed by atoms with van der Waals surface area (Å²) in [6.07, 6.45) is -5.22. The maximum absolute atomic E-state index is 13.6. The quantitative estimate of drug-likeness (QED) is 0.377. The van der Waals surface area contributed by atoms with Crippen LogP contribution in [0.3, 0.4) is 0 Å². The van der Waals surface area contributed by atoms with Crippen LogP contribution >= 0.6 is 0 Å². The van der Waals surface area contributed by atoms with Crippen LogP contribution in [0, 0.1) is 17.5 Å². The van der Waals surface area contributed by atoms with Crippen molar-refractivity contribution in [1.82, 2.24) is 0 Å². The molecule has 26 heavy (non-hydrogen) atoms. The molecule has 0 aliphatic carbocycles. The Kier molecular flexibility index (Phi) is 5.10. The lowest BCUT2D eigenvalue weighted by molar-refractivity contribution is -0.275. The first kappa shape index (κ1) is 19.1. The molecule has 2 rings (SSSR count). The summed E-state index contributed by atoms with van der Waals surface area (Å²) in [5.41, 5.74) is -1.84. The van der Waals surface area contributed by atoms with Crippen LogP contribution < -0.4 is 9.47 Å². The molecule has 2 aromatic carbocycles. The molecule has 0 heterocycles. The van der Waals surface area contributed by atoms with E-state index < -0.39 is 58.4 Å². The van der Waals surface area contributed by atoms with Crippen molar-refractivity contribution in [1.29, 1.82) is 0 Å². The third-order valence-corrected chi connectivity index (χ3v) is 2.83. The Labute approximate surface area is 140 Å². The molecule has 0 spiro atoms. The number of carbonyl (C=O) groups is 2. The Hall–Kier alpha value is -3.24. The first-order valence-corrected chi connectivity index (χ1v) is 6.47. The summed E-state index contributed by atoms with van der Waals surface area (Å²) in [5, 5.41) is 8.84. The SMILES string of the molecule is O=C(O)c1ccc(OC(F)(F)F)c(OC(=O)c2cc(F)cc(F)c2F)c1. The van der Waals surface area contributed by atoms with Crippen LogP contribution in [0.15, 0.2) is 30.3 Å². The van der Waals surface area contributed by atoms with Crippen molar-refractivity contribution in [2.24, 2.45) is 0 Å². The van der Waals surface area contributed by atoms with Gasteiger partial charge in [0, 0.05) is 6.07 Å². The third-order valence-electron chi connectivity index (χ3n) is 2.83. The van der Waals surface area contributed by atoms with Crippen molar-refractivity contribution in [2.45, 2.75) is 6.36 Å². The molecule has 0 aliphatic heterocycles. The molecule has 0 bridgehead atoms. The molecule has 0 fully saturated rings. The summed E-state index contributed by atoms with van der Waals surface area (Å²) >= 11 is 0. The van der Waals surface area contributed by atoms with Crippen LogP contribution in [-0.2, 0) is 0 Å². The number of benzene rings is 2. The van der Waals surface area contributed by atoms with Crippen molar-refractivity contribution < 1.29 is 50.5 Å². The molecule has 2 aromatic rings. The summed E-state index contributed by atoms with van der Waals surface area (Å²) in [6.45, 7) is 0. The van der Waals surface area contributed by atoms with E-state index in [0.717, 1.165) is 6.07 Å². The van der Waals surface area contributed by atoms with Gasteiger partial charge >= 0.3 is 18.3 Å². The van der Waals surface area contributed by atoms with Crippen molar-refractivity contribution in [3.63, 3.8) is 0 Å². The minimum absolute atomic E-state index is 0.134. The van der Waals surface area contributed by atoms with Gasteiger partial charge in [-0.2, -0.15) is 0 Å². The Morgan fingerprint density at radius 1 is 0.962 bits per heavy atom. The van der Waals surface area contributed by atoms with E-state index >= 15 is 0 Å². The van der Waals surface area contributed by atoms with E-state index in [1.54, 1.807) is 0 Å². The van der Waals surface area contributed by atoms with Gasteiger partial charge in [-0.3, -0.25) is 0 Å². The van der Waals surface area contributed by atoms with Crippen LogP contribution in [0.4, 0.5) is 26.3 Å².